The van der Waals surface area contributed by atoms with E-state index in [9.17, 15) is 9.59 Å². The molecule has 0 heterocycles. The maximum Gasteiger partial charge on any atom is 0.255 e. The third kappa shape index (κ3) is 4.89. The van der Waals surface area contributed by atoms with Crippen LogP contribution in [0.4, 0.5) is 11.4 Å². The molecule has 2 rings (SSSR count). The first-order valence-electron chi connectivity index (χ1n) is 7.57. The predicted octanol–water partition coefficient (Wildman–Crippen LogP) is 3.47. The van der Waals surface area contributed by atoms with E-state index in [1.54, 1.807) is 37.3 Å². The molecule has 24 heavy (non-hydrogen) atoms. The Morgan fingerprint density at radius 2 is 1.54 bits per heavy atom. The summed E-state index contributed by atoms with van der Waals surface area (Å²) >= 11 is 5.05. The minimum atomic E-state index is -0.153. The van der Waals surface area contributed by atoms with E-state index in [1.807, 2.05) is 25.1 Å². The molecule has 0 aliphatic carbocycles. The van der Waals surface area contributed by atoms with Gasteiger partial charge in [-0.3, -0.25) is 9.59 Å². The number of hydrogen-bond donors (Lipinski definition) is 3. The molecule has 0 atom stereocenters. The van der Waals surface area contributed by atoms with Gasteiger partial charge in [-0.15, -0.1) is 0 Å². The van der Waals surface area contributed by atoms with Crippen LogP contribution in [0.2, 0.25) is 0 Å². The van der Waals surface area contributed by atoms with E-state index in [0.717, 1.165) is 11.3 Å². The minimum Gasteiger partial charge on any atom is -0.332 e. The van der Waals surface area contributed by atoms with Gasteiger partial charge in [-0.2, -0.15) is 0 Å². The van der Waals surface area contributed by atoms with Crippen LogP contribution in [0.15, 0.2) is 48.5 Å². The van der Waals surface area contributed by atoms with Crippen LogP contribution < -0.4 is 16.0 Å². The Balaban J connectivity index is 1.97. The van der Waals surface area contributed by atoms with E-state index in [-0.39, 0.29) is 16.9 Å². The zero-order valence-electron chi connectivity index (χ0n) is 13.6. The van der Waals surface area contributed by atoms with Crippen molar-refractivity contribution in [3.63, 3.8) is 0 Å². The van der Waals surface area contributed by atoms with Gasteiger partial charge in [0.1, 0.15) is 0 Å². The third-order valence-corrected chi connectivity index (χ3v) is 3.57. The quantitative estimate of drug-likeness (QED) is 0.745. The smallest absolute Gasteiger partial charge is 0.255 e. The number of anilines is 2. The van der Waals surface area contributed by atoms with E-state index in [2.05, 4.69) is 16.0 Å². The van der Waals surface area contributed by atoms with Crippen molar-refractivity contribution in [3.05, 3.63) is 59.7 Å². The molecule has 2 aromatic carbocycles. The molecule has 5 nitrogen and oxygen atoms in total. The molecule has 0 aliphatic heterocycles. The monoisotopic (exact) mass is 341 g/mol. The molecule has 6 heteroatoms. The van der Waals surface area contributed by atoms with E-state index in [1.165, 1.54) is 0 Å². The number of aryl methyl sites for hydroxylation is 1. The first kappa shape index (κ1) is 17.6. The van der Waals surface area contributed by atoms with Crippen molar-refractivity contribution >= 4 is 40.5 Å². The maximum absolute atomic E-state index is 12.3. The number of rotatable bonds is 4. The Morgan fingerprint density at radius 1 is 0.958 bits per heavy atom. The first-order valence-corrected chi connectivity index (χ1v) is 7.98. The fourth-order valence-corrected chi connectivity index (χ4v) is 2.27. The van der Waals surface area contributed by atoms with Crippen molar-refractivity contribution in [2.24, 2.45) is 0 Å². The average Bonchev–Trinajstić information content (AvgIpc) is 2.56. The zero-order valence-corrected chi connectivity index (χ0v) is 14.4. The molecule has 0 saturated carbocycles. The van der Waals surface area contributed by atoms with Crippen LogP contribution in [-0.2, 0) is 4.79 Å². The summed E-state index contributed by atoms with van der Waals surface area (Å²) in [6.07, 6.45) is 0.367. The van der Waals surface area contributed by atoms with Gasteiger partial charge in [-0.1, -0.05) is 25.1 Å². The lowest BCUT2D eigenvalue weighted by atomic mass is 10.1. The summed E-state index contributed by atoms with van der Waals surface area (Å²) in [7, 11) is 0. The lowest BCUT2D eigenvalue weighted by Crippen LogP contribution is -2.33. The van der Waals surface area contributed by atoms with Crippen LogP contribution >= 0.6 is 12.2 Å². The summed E-state index contributed by atoms with van der Waals surface area (Å²) in [5.41, 5.74) is 2.97. The van der Waals surface area contributed by atoms with Gasteiger partial charge in [0.05, 0.1) is 0 Å². The summed E-state index contributed by atoms with van der Waals surface area (Å²) in [6.45, 7) is 3.65. The number of carbonyl (C=O) groups is 2. The van der Waals surface area contributed by atoms with Crippen molar-refractivity contribution < 1.29 is 9.59 Å². The molecule has 0 aromatic heterocycles. The summed E-state index contributed by atoms with van der Waals surface area (Å²) in [4.78, 5) is 23.5. The van der Waals surface area contributed by atoms with Crippen molar-refractivity contribution in [2.75, 3.05) is 10.6 Å². The molecular formula is C18H19N3O2S. The van der Waals surface area contributed by atoms with Crippen molar-refractivity contribution in [1.29, 1.82) is 0 Å². The number of hydrogen-bond acceptors (Lipinski definition) is 3. The number of nitrogens with one attached hydrogen (secondary N) is 3. The fraction of sp³-hybridized carbons (Fsp3) is 0.167. The lowest BCUT2D eigenvalue weighted by molar-refractivity contribution is -0.119. The van der Waals surface area contributed by atoms with E-state index >= 15 is 0 Å². The molecule has 0 saturated heterocycles. The Hall–Kier alpha value is -2.73. The second kappa shape index (κ2) is 8.21. The van der Waals surface area contributed by atoms with Crippen molar-refractivity contribution in [1.82, 2.24) is 5.32 Å². The van der Waals surface area contributed by atoms with Gasteiger partial charge in [-0.05, 0) is 55.0 Å². The Morgan fingerprint density at radius 3 is 2.12 bits per heavy atom. The SMILES string of the molecule is CCC(=O)NC(=S)Nc1ccc(NC(=O)c2ccccc2C)cc1. The van der Waals surface area contributed by atoms with Crippen LogP contribution in [0.3, 0.4) is 0 Å². The molecule has 0 radical (unpaired) electrons. The predicted molar refractivity (Wildman–Crippen MR) is 100 cm³/mol. The summed E-state index contributed by atoms with van der Waals surface area (Å²) < 4.78 is 0. The molecule has 2 amide bonds. The molecule has 0 unspecified atom stereocenters. The average molecular weight is 341 g/mol. The Labute approximate surface area is 146 Å². The zero-order chi connectivity index (χ0) is 17.5. The molecule has 0 bridgehead atoms. The molecule has 2 aromatic rings. The highest BCUT2D eigenvalue weighted by atomic mass is 32.1. The highest BCUT2D eigenvalue weighted by Crippen LogP contribution is 2.16. The molecule has 124 valence electrons. The van der Waals surface area contributed by atoms with Gasteiger partial charge in [0.2, 0.25) is 5.91 Å². The van der Waals surface area contributed by atoms with Crippen LogP contribution in [0.1, 0.15) is 29.3 Å². The second-order valence-corrected chi connectivity index (χ2v) is 5.61. The standard InChI is InChI=1S/C18H19N3O2S/c1-3-16(22)21-18(24)20-14-10-8-13(9-11-14)19-17(23)15-7-5-4-6-12(15)2/h4-11H,3H2,1-2H3,(H,19,23)(H2,20,21,22,24). The summed E-state index contributed by atoms with van der Waals surface area (Å²) in [5.74, 6) is -0.297. The summed E-state index contributed by atoms with van der Waals surface area (Å²) in [6, 6.07) is 14.5. The lowest BCUT2D eigenvalue weighted by Gasteiger charge is -2.10. The highest BCUT2D eigenvalue weighted by Gasteiger charge is 2.08. The van der Waals surface area contributed by atoms with Crippen LogP contribution in [0.25, 0.3) is 0 Å². The van der Waals surface area contributed by atoms with Crippen LogP contribution in [0, 0.1) is 6.92 Å². The third-order valence-electron chi connectivity index (χ3n) is 3.36. The van der Waals surface area contributed by atoms with Gasteiger partial charge in [-0.25, -0.2) is 0 Å². The largest absolute Gasteiger partial charge is 0.332 e. The molecule has 3 N–H and O–H groups in total. The highest BCUT2D eigenvalue weighted by molar-refractivity contribution is 7.80. The van der Waals surface area contributed by atoms with Crippen LogP contribution in [0.5, 0.6) is 0 Å². The number of carbonyl (C=O) groups excluding carboxylic acids is 2. The van der Waals surface area contributed by atoms with Gasteiger partial charge in [0.15, 0.2) is 5.11 Å². The normalized spacial score (nSPS) is 9.92. The Bertz CT molecular complexity index is 757. The molecule has 0 spiro atoms. The van der Waals surface area contributed by atoms with Crippen LogP contribution in [-0.4, -0.2) is 16.9 Å². The number of thiocarbonyl (C=S) groups is 1. The molecule has 0 fully saturated rings. The second-order valence-electron chi connectivity index (χ2n) is 5.20. The van der Waals surface area contributed by atoms with E-state index < -0.39 is 0 Å². The van der Waals surface area contributed by atoms with Gasteiger partial charge in [0, 0.05) is 23.4 Å². The van der Waals surface area contributed by atoms with Crippen molar-refractivity contribution in [3.8, 4) is 0 Å². The van der Waals surface area contributed by atoms with Gasteiger partial charge < -0.3 is 16.0 Å². The van der Waals surface area contributed by atoms with Gasteiger partial charge >= 0.3 is 0 Å². The first-order chi connectivity index (χ1) is 11.5. The maximum atomic E-state index is 12.3. The minimum absolute atomic E-state index is 0.144. The van der Waals surface area contributed by atoms with E-state index in [0.29, 0.717) is 17.7 Å². The van der Waals surface area contributed by atoms with Gasteiger partial charge in [0.25, 0.3) is 5.91 Å². The Kier molecular flexibility index (Phi) is 6.03. The number of benzene rings is 2. The number of amides is 2. The fourth-order valence-electron chi connectivity index (χ4n) is 2.04. The topological polar surface area (TPSA) is 70.2 Å². The van der Waals surface area contributed by atoms with Crippen molar-refractivity contribution in [2.45, 2.75) is 20.3 Å². The molecular weight excluding hydrogens is 322 g/mol. The van der Waals surface area contributed by atoms with E-state index in [4.69, 9.17) is 12.2 Å². The molecule has 0 aliphatic rings. The summed E-state index contributed by atoms with van der Waals surface area (Å²) in [5, 5.41) is 8.58.